The molecule has 0 aromatic heterocycles. The Morgan fingerprint density at radius 3 is 2.52 bits per heavy atom. The number of rotatable bonds is 9. The molecule has 31 heavy (non-hydrogen) atoms. The molecule has 3 rings (SSSR count). The molecule has 0 amide bonds. The molecule has 0 radical (unpaired) electrons. The molecule has 0 spiro atoms. The Balaban J connectivity index is 1.86. The smallest absolute Gasteiger partial charge is 0.354 e. The molecule has 0 aliphatic carbocycles. The molecule has 1 aliphatic rings. The molecule has 9 heteroatoms. The number of methoxy groups -OCH3 is 1. The molecular weight excluding hydrogens is 429 g/mol. The summed E-state index contributed by atoms with van der Waals surface area (Å²) in [7, 11) is 1.27. The van der Waals surface area contributed by atoms with Gasteiger partial charge in [0.25, 0.3) is 5.60 Å². The molecule has 2 unspecified atom stereocenters. The number of carboxylic acids is 1. The molecule has 2 atom stereocenters. The largest absolute Gasteiger partial charge is 0.478 e. The SMILES string of the molecule is COC(=O)CCC1=NOC(C(=O)O)(C(OCc2ccc(F)cc2)c2ccc(Cl)cc2)C1. The fourth-order valence-corrected chi connectivity index (χ4v) is 3.39. The van der Waals surface area contributed by atoms with Crippen molar-refractivity contribution >= 4 is 29.3 Å². The maximum Gasteiger partial charge on any atom is 0.354 e. The summed E-state index contributed by atoms with van der Waals surface area (Å²) in [6, 6.07) is 12.2. The van der Waals surface area contributed by atoms with Gasteiger partial charge in [-0.15, -0.1) is 0 Å². The second kappa shape index (κ2) is 9.89. The Morgan fingerprint density at radius 1 is 1.23 bits per heavy atom. The normalized spacial score (nSPS) is 18.7. The van der Waals surface area contributed by atoms with E-state index in [1.807, 2.05) is 0 Å². The van der Waals surface area contributed by atoms with E-state index in [-0.39, 0.29) is 31.7 Å². The first-order valence-corrected chi connectivity index (χ1v) is 9.87. The molecule has 7 nitrogen and oxygen atoms in total. The summed E-state index contributed by atoms with van der Waals surface area (Å²) in [6.07, 6.45) is -0.869. The van der Waals surface area contributed by atoms with Gasteiger partial charge in [-0.05, 0) is 41.8 Å². The van der Waals surface area contributed by atoms with Crippen molar-refractivity contribution in [2.24, 2.45) is 5.16 Å². The highest BCUT2D eigenvalue weighted by Gasteiger charge is 2.54. The van der Waals surface area contributed by atoms with Crippen molar-refractivity contribution in [3.05, 3.63) is 70.5 Å². The Bertz CT molecular complexity index is 963. The molecule has 0 saturated carbocycles. The second-order valence-corrected chi connectivity index (χ2v) is 7.50. The molecule has 0 saturated heterocycles. The van der Waals surface area contributed by atoms with Crippen molar-refractivity contribution in [2.45, 2.75) is 37.6 Å². The van der Waals surface area contributed by atoms with E-state index < -0.39 is 23.6 Å². The third-order valence-electron chi connectivity index (χ3n) is 4.94. The van der Waals surface area contributed by atoms with E-state index >= 15 is 0 Å². The molecule has 164 valence electrons. The van der Waals surface area contributed by atoms with Crippen molar-refractivity contribution in [3.8, 4) is 0 Å². The van der Waals surface area contributed by atoms with Gasteiger partial charge in [-0.3, -0.25) is 4.79 Å². The average molecular weight is 450 g/mol. The highest BCUT2D eigenvalue weighted by atomic mass is 35.5. The lowest BCUT2D eigenvalue weighted by Gasteiger charge is -2.31. The quantitative estimate of drug-likeness (QED) is 0.574. The highest BCUT2D eigenvalue weighted by Crippen LogP contribution is 2.41. The van der Waals surface area contributed by atoms with Crippen LogP contribution in [0.4, 0.5) is 4.39 Å². The van der Waals surface area contributed by atoms with Gasteiger partial charge in [-0.1, -0.05) is 41.0 Å². The number of ether oxygens (including phenoxy) is 2. The number of esters is 1. The summed E-state index contributed by atoms with van der Waals surface area (Å²) in [6.45, 7) is 0.0173. The van der Waals surface area contributed by atoms with Crippen LogP contribution in [0.5, 0.6) is 0 Å². The van der Waals surface area contributed by atoms with Crippen molar-refractivity contribution in [1.29, 1.82) is 0 Å². The van der Waals surface area contributed by atoms with E-state index in [4.69, 9.17) is 21.2 Å². The van der Waals surface area contributed by atoms with Gasteiger partial charge in [0.15, 0.2) is 0 Å². The number of carbonyl (C=O) groups excluding carboxylic acids is 1. The molecule has 0 fully saturated rings. The van der Waals surface area contributed by atoms with Gasteiger partial charge in [0.05, 0.1) is 25.8 Å². The van der Waals surface area contributed by atoms with Gasteiger partial charge >= 0.3 is 11.9 Å². The summed E-state index contributed by atoms with van der Waals surface area (Å²) >= 11 is 5.98. The van der Waals surface area contributed by atoms with Crippen molar-refractivity contribution < 1.29 is 33.4 Å². The fourth-order valence-electron chi connectivity index (χ4n) is 3.26. The third-order valence-corrected chi connectivity index (χ3v) is 5.19. The van der Waals surface area contributed by atoms with Crippen LogP contribution in [0.1, 0.15) is 36.5 Å². The minimum atomic E-state index is -1.83. The number of nitrogens with zero attached hydrogens (tertiary/aromatic N) is 1. The van der Waals surface area contributed by atoms with Crippen LogP contribution >= 0.6 is 11.6 Å². The van der Waals surface area contributed by atoms with Crippen LogP contribution in [0.25, 0.3) is 0 Å². The van der Waals surface area contributed by atoms with Gasteiger partial charge in [0, 0.05) is 11.4 Å². The lowest BCUT2D eigenvalue weighted by Crippen LogP contribution is -2.46. The minimum Gasteiger partial charge on any atom is -0.478 e. The van der Waals surface area contributed by atoms with Crippen molar-refractivity contribution in [2.75, 3.05) is 7.11 Å². The number of carboxylic acid groups (broad SMARTS) is 1. The zero-order valence-corrected chi connectivity index (χ0v) is 17.5. The highest BCUT2D eigenvalue weighted by molar-refractivity contribution is 6.30. The first-order valence-electron chi connectivity index (χ1n) is 9.49. The Kier molecular flexibility index (Phi) is 7.25. The summed E-state index contributed by atoms with van der Waals surface area (Å²) in [5.74, 6) is -2.08. The zero-order chi connectivity index (χ0) is 22.4. The number of aliphatic carboxylic acids is 1. The first-order chi connectivity index (χ1) is 14.8. The van der Waals surface area contributed by atoms with Crippen LogP contribution in [-0.4, -0.2) is 35.5 Å². The Hall–Kier alpha value is -2.97. The molecule has 1 heterocycles. The van der Waals surface area contributed by atoms with E-state index in [2.05, 4.69) is 9.89 Å². The zero-order valence-electron chi connectivity index (χ0n) is 16.7. The van der Waals surface area contributed by atoms with E-state index in [1.165, 1.54) is 19.2 Å². The number of oxime groups is 1. The first kappa shape index (κ1) is 22.7. The van der Waals surface area contributed by atoms with Gasteiger partial charge in [0.2, 0.25) is 0 Å². The Morgan fingerprint density at radius 2 is 1.90 bits per heavy atom. The number of hydrogen-bond donors (Lipinski definition) is 1. The monoisotopic (exact) mass is 449 g/mol. The predicted molar refractivity (Wildman–Crippen MR) is 110 cm³/mol. The molecule has 0 bridgehead atoms. The average Bonchev–Trinajstić information content (AvgIpc) is 3.20. The predicted octanol–water partition coefficient (Wildman–Crippen LogP) is 4.29. The minimum absolute atomic E-state index is 0.0173. The van der Waals surface area contributed by atoms with Gasteiger partial charge in [-0.2, -0.15) is 0 Å². The molecular formula is C22H21ClFNO6. The second-order valence-electron chi connectivity index (χ2n) is 7.07. The van der Waals surface area contributed by atoms with E-state index in [0.29, 0.717) is 21.9 Å². The van der Waals surface area contributed by atoms with Crippen LogP contribution in [0, 0.1) is 5.82 Å². The van der Waals surface area contributed by atoms with Gasteiger partial charge < -0.3 is 19.4 Å². The molecule has 1 N–H and O–H groups in total. The number of hydrogen-bond acceptors (Lipinski definition) is 6. The maximum atomic E-state index is 13.2. The van der Waals surface area contributed by atoms with Crippen molar-refractivity contribution in [3.63, 3.8) is 0 Å². The van der Waals surface area contributed by atoms with Crippen LogP contribution < -0.4 is 0 Å². The van der Waals surface area contributed by atoms with E-state index in [1.54, 1.807) is 36.4 Å². The maximum absolute atomic E-state index is 13.2. The van der Waals surface area contributed by atoms with E-state index in [0.717, 1.165) is 0 Å². The summed E-state index contributed by atoms with van der Waals surface area (Å²) in [4.78, 5) is 29.2. The Labute approximate surface area is 183 Å². The van der Waals surface area contributed by atoms with Crippen molar-refractivity contribution in [1.82, 2.24) is 0 Å². The summed E-state index contributed by atoms with van der Waals surface area (Å²) < 4.78 is 23.8. The lowest BCUT2D eigenvalue weighted by atomic mass is 9.85. The van der Waals surface area contributed by atoms with E-state index in [9.17, 15) is 19.1 Å². The lowest BCUT2D eigenvalue weighted by molar-refractivity contribution is -0.187. The van der Waals surface area contributed by atoms with Crippen LogP contribution in [0.15, 0.2) is 53.7 Å². The molecule has 2 aromatic rings. The summed E-state index contributed by atoms with van der Waals surface area (Å²) in [5, 5.41) is 14.5. The third kappa shape index (κ3) is 5.39. The number of benzene rings is 2. The van der Waals surface area contributed by atoms with Gasteiger partial charge in [-0.25, -0.2) is 9.18 Å². The standard InChI is InChI=1S/C22H21ClFNO6/c1-29-19(26)11-10-18-12-22(21(27)28,31-25-18)20(15-4-6-16(23)7-5-15)30-13-14-2-8-17(24)9-3-14/h2-9,20H,10-13H2,1H3,(H,27,28). The fraction of sp³-hybridized carbons (Fsp3) is 0.318. The van der Waals surface area contributed by atoms with Gasteiger partial charge in [0.1, 0.15) is 11.9 Å². The molecule has 1 aliphatic heterocycles. The van der Waals surface area contributed by atoms with Crippen LogP contribution in [-0.2, 0) is 30.5 Å². The molecule has 2 aromatic carbocycles. The number of halogens is 2. The topological polar surface area (TPSA) is 94.4 Å². The van der Waals surface area contributed by atoms with Crippen LogP contribution in [0.2, 0.25) is 5.02 Å². The van der Waals surface area contributed by atoms with Crippen LogP contribution in [0.3, 0.4) is 0 Å². The summed E-state index contributed by atoms with van der Waals surface area (Å²) in [5.41, 5.74) is -0.236. The number of carbonyl (C=O) groups is 2.